The standard InChI is InChI=1S/C14H24N4O/c1-17(9-12-8-16-18(2)10-12)14(19)13-5-3-11(7-15)4-6-13/h8,10-11,13H,3-7,9,15H2,1-2H3. The maximum absolute atomic E-state index is 12.4. The molecule has 5 nitrogen and oxygen atoms in total. The molecule has 5 heteroatoms. The Bertz CT molecular complexity index is 421. The highest BCUT2D eigenvalue weighted by Gasteiger charge is 2.27. The molecule has 2 rings (SSSR count). The summed E-state index contributed by atoms with van der Waals surface area (Å²) in [5.74, 6) is 1.07. The van der Waals surface area contributed by atoms with E-state index in [-0.39, 0.29) is 11.8 Å². The number of amides is 1. The Labute approximate surface area is 114 Å². The van der Waals surface area contributed by atoms with Crippen LogP contribution < -0.4 is 5.73 Å². The van der Waals surface area contributed by atoms with Crippen LogP contribution in [0.25, 0.3) is 0 Å². The van der Waals surface area contributed by atoms with E-state index in [9.17, 15) is 4.79 Å². The first-order chi connectivity index (χ1) is 9.10. The molecule has 1 aromatic rings. The van der Waals surface area contributed by atoms with E-state index in [4.69, 9.17) is 5.73 Å². The van der Waals surface area contributed by atoms with Gasteiger partial charge in [-0.25, -0.2) is 0 Å². The second-order valence-electron chi connectivity index (χ2n) is 5.67. The van der Waals surface area contributed by atoms with E-state index in [1.165, 1.54) is 0 Å². The van der Waals surface area contributed by atoms with Crippen molar-refractivity contribution in [2.75, 3.05) is 13.6 Å². The smallest absolute Gasteiger partial charge is 0.225 e. The van der Waals surface area contributed by atoms with E-state index < -0.39 is 0 Å². The summed E-state index contributed by atoms with van der Waals surface area (Å²) in [6, 6.07) is 0. The molecular formula is C14H24N4O. The first kappa shape index (κ1) is 14.1. The van der Waals surface area contributed by atoms with Gasteiger partial charge in [0.15, 0.2) is 0 Å². The van der Waals surface area contributed by atoms with E-state index in [1.54, 1.807) is 4.68 Å². The quantitative estimate of drug-likeness (QED) is 0.887. The number of aryl methyl sites for hydroxylation is 1. The van der Waals surface area contributed by atoms with Gasteiger partial charge in [0.05, 0.1) is 6.20 Å². The van der Waals surface area contributed by atoms with Crippen molar-refractivity contribution in [3.8, 4) is 0 Å². The molecule has 1 fully saturated rings. The van der Waals surface area contributed by atoms with Crippen molar-refractivity contribution in [1.82, 2.24) is 14.7 Å². The third-order valence-corrected chi connectivity index (χ3v) is 4.08. The number of aromatic nitrogens is 2. The molecule has 0 radical (unpaired) electrons. The van der Waals surface area contributed by atoms with Crippen LogP contribution in [0.15, 0.2) is 12.4 Å². The lowest BCUT2D eigenvalue weighted by Gasteiger charge is -2.29. The molecule has 1 saturated carbocycles. The number of nitrogens with zero attached hydrogens (tertiary/aromatic N) is 3. The van der Waals surface area contributed by atoms with Crippen LogP contribution in [0.1, 0.15) is 31.2 Å². The molecule has 0 saturated heterocycles. The normalized spacial score (nSPS) is 23.3. The fraction of sp³-hybridized carbons (Fsp3) is 0.714. The van der Waals surface area contributed by atoms with Gasteiger partial charge in [0.1, 0.15) is 0 Å². The number of carbonyl (C=O) groups excluding carboxylic acids is 1. The molecule has 1 aliphatic carbocycles. The second-order valence-corrected chi connectivity index (χ2v) is 5.67. The molecular weight excluding hydrogens is 240 g/mol. The molecule has 1 heterocycles. The van der Waals surface area contributed by atoms with Crippen molar-refractivity contribution in [3.63, 3.8) is 0 Å². The molecule has 0 aliphatic heterocycles. The Morgan fingerprint density at radius 2 is 2.16 bits per heavy atom. The van der Waals surface area contributed by atoms with Crippen LogP contribution in [-0.2, 0) is 18.4 Å². The molecule has 0 bridgehead atoms. The lowest BCUT2D eigenvalue weighted by molar-refractivity contribution is -0.136. The van der Waals surface area contributed by atoms with E-state index >= 15 is 0 Å². The van der Waals surface area contributed by atoms with Gasteiger partial charge in [-0.15, -0.1) is 0 Å². The van der Waals surface area contributed by atoms with Crippen molar-refractivity contribution in [3.05, 3.63) is 18.0 Å². The number of rotatable bonds is 4. The van der Waals surface area contributed by atoms with E-state index in [1.807, 2.05) is 31.4 Å². The van der Waals surface area contributed by atoms with Crippen LogP contribution in [0.3, 0.4) is 0 Å². The minimum Gasteiger partial charge on any atom is -0.341 e. The second kappa shape index (κ2) is 6.19. The first-order valence-electron chi connectivity index (χ1n) is 7.02. The first-order valence-corrected chi connectivity index (χ1v) is 7.02. The Morgan fingerprint density at radius 3 is 2.68 bits per heavy atom. The SMILES string of the molecule is CN(Cc1cnn(C)c1)C(=O)C1CCC(CN)CC1. The van der Waals surface area contributed by atoms with Crippen molar-refractivity contribution in [2.24, 2.45) is 24.6 Å². The van der Waals surface area contributed by atoms with Crippen LogP contribution in [0.4, 0.5) is 0 Å². The summed E-state index contributed by atoms with van der Waals surface area (Å²) in [7, 11) is 3.77. The highest BCUT2D eigenvalue weighted by Crippen LogP contribution is 2.29. The van der Waals surface area contributed by atoms with Gasteiger partial charge in [0.25, 0.3) is 0 Å². The predicted octanol–water partition coefficient (Wildman–Crippen LogP) is 1.14. The maximum atomic E-state index is 12.4. The monoisotopic (exact) mass is 264 g/mol. The maximum Gasteiger partial charge on any atom is 0.225 e. The third kappa shape index (κ3) is 3.56. The molecule has 0 spiro atoms. The highest BCUT2D eigenvalue weighted by molar-refractivity contribution is 5.78. The summed E-state index contributed by atoms with van der Waals surface area (Å²) in [5.41, 5.74) is 6.76. The van der Waals surface area contributed by atoms with Crippen LogP contribution in [0, 0.1) is 11.8 Å². The van der Waals surface area contributed by atoms with Crippen molar-refractivity contribution < 1.29 is 4.79 Å². The van der Waals surface area contributed by atoms with Gasteiger partial charge in [-0.1, -0.05) is 0 Å². The molecule has 19 heavy (non-hydrogen) atoms. The highest BCUT2D eigenvalue weighted by atomic mass is 16.2. The van der Waals surface area contributed by atoms with Crippen molar-refractivity contribution in [1.29, 1.82) is 0 Å². The Morgan fingerprint density at radius 1 is 1.47 bits per heavy atom. The van der Waals surface area contributed by atoms with Crippen molar-refractivity contribution in [2.45, 2.75) is 32.2 Å². The van der Waals surface area contributed by atoms with E-state index in [0.29, 0.717) is 12.5 Å². The summed E-state index contributed by atoms with van der Waals surface area (Å²) in [4.78, 5) is 14.2. The third-order valence-electron chi connectivity index (χ3n) is 4.08. The minimum absolute atomic E-state index is 0.185. The summed E-state index contributed by atoms with van der Waals surface area (Å²) in [5, 5.41) is 4.13. The van der Waals surface area contributed by atoms with Gasteiger partial charge >= 0.3 is 0 Å². The van der Waals surface area contributed by atoms with Gasteiger partial charge in [0.2, 0.25) is 5.91 Å². The van der Waals surface area contributed by atoms with Gasteiger partial charge in [-0.3, -0.25) is 9.48 Å². The van der Waals surface area contributed by atoms with Crippen molar-refractivity contribution >= 4 is 5.91 Å². The minimum atomic E-state index is 0.185. The summed E-state index contributed by atoms with van der Waals surface area (Å²) < 4.78 is 1.76. The summed E-state index contributed by atoms with van der Waals surface area (Å²) >= 11 is 0. The Kier molecular flexibility index (Phi) is 4.58. The molecule has 1 amide bonds. The van der Waals surface area contributed by atoms with Gasteiger partial charge in [-0.05, 0) is 38.1 Å². The fourth-order valence-corrected chi connectivity index (χ4v) is 2.86. The molecule has 0 atom stereocenters. The zero-order chi connectivity index (χ0) is 13.8. The van der Waals surface area contributed by atoms with Crippen LogP contribution in [0.5, 0.6) is 0 Å². The van der Waals surface area contributed by atoms with Crippen LogP contribution >= 0.6 is 0 Å². The molecule has 1 aliphatic rings. The number of nitrogens with two attached hydrogens (primary N) is 1. The van der Waals surface area contributed by atoms with Gasteiger partial charge < -0.3 is 10.6 Å². The largest absolute Gasteiger partial charge is 0.341 e. The Balaban J connectivity index is 1.85. The van der Waals surface area contributed by atoms with Crippen LogP contribution in [0.2, 0.25) is 0 Å². The number of hydrogen-bond donors (Lipinski definition) is 1. The van der Waals surface area contributed by atoms with Crippen LogP contribution in [-0.4, -0.2) is 34.2 Å². The van der Waals surface area contributed by atoms with Gasteiger partial charge in [0, 0.05) is 38.3 Å². The molecule has 0 aromatic carbocycles. The topological polar surface area (TPSA) is 64.2 Å². The zero-order valence-electron chi connectivity index (χ0n) is 11.9. The predicted molar refractivity (Wildman–Crippen MR) is 74.2 cm³/mol. The number of hydrogen-bond acceptors (Lipinski definition) is 3. The lowest BCUT2D eigenvalue weighted by Crippen LogP contribution is -2.35. The molecule has 0 unspecified atom stereocenters. The van der Waals surface area contributed by atoms with Gasteiger partial charge in [-0.2, -0.15) is 5.10 Å². The van der Waals surface area contributed by atoms with E-state index in [0.717, 1.165) is 37.8 Å². The average Bonchev–Trinajstić information content (AvgIpc) is 2.83. The summed E-state index contributed by atoms with van der Waals surface area (Å²) in [6.45, 7) is 1.40. The number of carbonyl (C=O) groups is 1. The zero-order valence-corrected chi connectivity index (χ0v) is 11.9. The molecule has 2 N–H and O–H groups in total. The molecule has 1 aromatic heterocycles. The average molecular weight is 264 g/mol. The Hall–Kier alpha value is -1.36. The lowest BCUT2D eigenvalue weighted by atomic mass is 9.81. The van der Waals surface area contributed by atoms with E-state index in [2.05, 4.69) is 5.10 Å². The summed E-state index contributed by atoms with van der Waals surface area (Å²) in [6.07, 6.45) is 7.92. The molecule has 106 valence electrons. The fourth-order valence-electron chi connectivity index (χ4n) is 2.86.